The predicted octanol–water partition coefficient (Wildman–Crippen LogP) is 4.52. The molecule has 0 fully saturated rings. The lowest BCUT2D eigenvalue weighted by atomic mass is 10.1. The quantitative estimate of drug-likeness (QED) is 0.310. The predicted molar refractivity (Wildman–Crippen MR) is 118 cm³/mol. The van der Waals surface area contributed by atoms with Crippen LogP contribution in [0, 0.1) is 16.0 Å². The minimum Gasteiger partial charge on any atom is -0.348 e. The number of carbonyl (C=O) groups is 1. The highest BCUT2D eigenvalue weighted by Gasteiger charge is 2.17. The van der Waals surface area contributed by atoms with E-state index in [0.29, 0.717) is 24.6 Å². The van der Waals surface area contributed by atoms with Crippen molar-refractivity contribution >= 4 is 23.4 Å². The fourth-order valence-electron chi connectivity index (χ4n) is 2.81. The van der Waals surface area contributed by atoms with Crippen LogP contribution in [0.1, 0.15) is 35.3 Å². The summed E-state index contributed by atoms with van der Waals surface area (Å²) in [5, 5.41) is 18.2. The molecular formula is C22H24N4O3S. The number of nitro benzene ring substituents is 1. The van der Waals surface area contributed by atoms with Crippen LogP contribution in [-0.2, 0) is 13.1 Å². The average Bonchev–Trinajstić information content (AvgIpc) is 3.24. The lowest BCUT2D eigenvalue weighted by Crippen LogP contribution is -2.23. The number of nitro groups is 1. The van der Waals surface area contributed by atoms with Gasteiger partial charge >= 0.3 is 0 Å². The number of thioether (sulfide) groups is 1. The molecule has 30 heavy (non-hydrogen) atoms. The number of hydrogen-bond acceptors (Lipinski definition) is 5. The fourth-order valence-corrected chi connectivity index (χ4v) is 3.80. The third-order valence-electron chi connectivity index (χ3n) is 4.37. The molecule has 2 aromatic carbocycles. The van der Waals surface area contributed by atoms with Crippen LogP contribution >= 0.6 is 11.8 Å². The molecule has 1 aromatic heterocycles. The normalized spacial score (nSPS) is 10.9. The number of rotatable bonds is 9. The Hall–Kier alpha value is -3.13. The van der Waals surface area contributed by atoms with E-state index in [1.54, 1.807) is 12.3 Å². The topological polar surface area (TPSA) is 90.1 Å². The minimum absolute atomic E-state index is 0.0861. The average molecular weight is 425 g/mol. The molecular weight excluding hydrogens is 400 g/mol. The molecule has 7 nitrogen and oxygen atoms in total. The molecule has 0 atom stereocenters. The molecule has 3 aromatic rings. The van der Waals surface area contributed by atoms with E-state index in [9.17, 15) is 14.9 Å². The van der Waals surface area contributed by atoms with Gasteiger partial charge in [-0.1, -0.05) is 38.1 Å². The van der Waals surface area contributed by atoms with E-state index in [2.05, 4.69) is 24.3 Å². The summed E-state index contributed by atoms with van der Waals surface area (Å²) in [4.78, 5) is 24.2. The SMILES string of the molecule is CC(C)CSc1ccc([N+](=O)[O-])cc1C(=O)NCc1ccc(Cn2cccn2)cc1. The van der Waals surface area contributed by atoms with Gasteiger partial charge < -0.3 is 5.32 Å². The van der Waals surface area contributed by atoms with Crippen molar-refractivity contribution in [2.45, 2.75) is 31.8 Å². The van der Waals surface area contributed by atoms with Crippen molar-refractivity contribution < 1.29 is 9.72 Å². The van der Waals surface area contributed by atoms with Crippen LogP contribution in [0.3, 0.4) is 0 Å². The second-order valence-electron chi connectivity index (χ2n) is 7.35. The van der Waals surface area contributed by atoms with Gasteiger partial charge in [0.05, 0.1) is 17.0 Å². The van der Waals surface area contributed by atoms with Gasteiger partial charge in [0.2, 0.25) is 0 Å². The second kappa shape index (κ2) is 10.1. The van der Waals surface area contributed by atoms with Gasteiger partial charge in [-0.2, -0.15) is 5.10 Å². The van der Waals surface area contributed by atoms with Crippen LogP contribution in [-0.4, -0.2) is 26.4 Å². The highest BCUT2D eigenvalue weighted by Crippen LogP contribution is 2.28. The van der Waals surface area contributed by atoms with Crippen molar-refractivity contribution in [2.24, 2.45) is 5.92 Å². The van der Waals surface area contributed by atoms with E-state index in [1.807, 2.05) is 41.2 Å². The summed E-state index contributed by atoms with van der Waals surface area (Å²) in [6.07, 6.45) is 3.65. The summed E-state index contributed by atoms with van der Waals surface area (Å²) in [7, 11) is 0. The van der Waals surface area contributed by atoms with Crippen molar-refractivity contribution in [1.29, 1.82) is 0 Å². The van der Waals surface area contributed by atoms with Crippen LogP contribution in [0.2, 0.25) is 0 Å². The first-order valence-electron chi connectivity index (χ1n) is 9.67. The number of amides is 1. The summed E-state index contributed by atoms with van der Waals surface area (Å²) in [5.41, 5.74) is 2.32. The van der Waals surface area contributed by atoms with Crippen LogP contribution < -0.4 is 5.32 Å². The van der Waals surface area contributed by atoms with E-state index < -0.39 is 4.92 Å². The molecule has 8 heteroatoms. The molecule has 0 aliphatic heterocycles. The first-order valence-corrected chi connectivity index (χ1v) is 10.7. The van der Waals surface area contributed by atoms with Crippen molar-refractivity contribution in [3.63, 3.8) is 0 Å². The van der Waals surface area contributed by atoms with Gasteiger partial charge in [0.15, 0.2) is 0 Å². The molecule has 3 rings (SSSR count). The van der Waals surface area contributed by atoms with Crippen LogP contribution in [0.25, 0.3) is 0 Å². The zero-order valence-corrected chi connectivity index (χ0v) is 17.8. The first kappa shape index (κ1) is 21.6. The molecule has 0 saturated carbocycles. The molecule has 1 N–H and O–H groups in total. The number of nitrogens with one attached hydrogen (secondary N) is 1. The Bertz CT molecular complexity index is 1000. The maximum absolute atomic E-state index is 12.8. The van der Waals surface area contributed by atoms with E-state index in [1.165, 1.54) is 23.9 Å². The maximum atomic E-state index is 12.8. The van der Waals surface area contributed by atoms with Gasteiger partial charge in [0, 0.05) is 41.7 Å². The Kier molecular flexibility index (Phi) is 7.24. The van der Waals surface area contributed by atoms with Crippen molar-refractivity contribution in [1.82, 2.24) is 15.1 Å². The number of aromatic nitrogens is 2. The summed E-state index contributed by atoms with van der Waals surface area (Å²) in [6.45, 7) is 5.21. The van der Waals surface area contributed by atoms with E-state index in [0.717, 1.165) is 21.8 Å². The van der Waals surface area contributed by atoms with Crippen LogP contribution in [0.5, 0.6) is 0 Å². The second-order valence-corrected chi connectivity index (χ2v) is 8.41. The highest BCUT2D eigenvalue weighted by atomic mass is 32.2. The first-order chi connectivity index (χ1) is 14.4. The van der Waals surface area contributed by atoms with Crippen molar-refractivity contribution in [3.05, 3.63) is 87.7 Å². The summed E-state index contributed by atoms with van der Waals surface area (Å²) in [6, 6.07) is 14.3. The maximum Gasteiger partial charge on any atom is 0.270 e. The fraction of sp³-hybridized carbons (Fsp3) is 0.273. The summed E-state index contributed by atoms with van der Waals surface area (Å²) >= 11 is 1.54. The Morgan fingerprint density at radius 3 is 2.57 bits per heavy atom. The van der Waals surface area contributed by atoms with Gasteiger partial charge in [-0.3, -0.25) is 19.6 Å². The molecule has 0 aliphatic carbocycles. The lowest BCUT2D eigenvalue weighted by Gasteiger charge is -2.11. The summed E-state index contributed by atoms with van der Waals surface area (Å²) < 4.78 is 1.84. The molecule has 1 amide bonds. The molecule has 156 valence electrons. The largest absolute Gasteiger partial charge is 0.348 e. The number of benzene rings is 2. The molecule has 0 radical (unpaired) electrons. The molecule has 0 unspecified atom stereocenters. The Labute approximate surface area is 179 Å². The van der Waals surface area contributed by atoms with Gasteiger partial charge in [0.1, 0.15) is 0 Å². The van der Waals surface area contributed by atoms with E-state index in [4.69, 9.17) is 0 Å². The van der Waals surface area contributed by atoms with Crippen LogP contribution in [0.4, 0.5) is 5.69 Å². The number of carbonyl (C=O) groups excluding carboxylic acids is 1. The van der Waals surface area contributed by atoms with Crippen molar-refractivity contribution in [3.8, 4) is 0 Å². The Balaban J connectivity index is 1.67. The van der Waals surface area contributed by atoms with Gasteiger partial charge in [-0.25, -0.2) is 0 Å². The molecule has 1 heterocycles. The van der Waals surface area contributed by atoms with Crippen molar-refractivity contribution in [2.75, 3.05) is 5.75 Å². The highest BCUT2D eigenvalue weighted by molar-refractivity contribution is 7.99. The van der Waals surface area contributed by atoms with Gasteiger partial charge in [-0.05, 0) is 29.2 Å². The van der Waals surface area contributed by atoms with E-state index >= 15 is 0 Å². The van der Waals surface area contributed by atoms with E-state index in [-0.39, 0.29) is 11.6 Å². The number of hydrogen-bond donors (Lipinski definition) is 1. The smallest absolute Gasteiger partial charge is 0.270 e. The molecule has 0 spiro atoms. The number of non-ortho nitro benzene ring substituents is 1. The third-order valence-corrected chi connectivity index (χ3v) is 5.87. The lowest BCUT2D eigenvalue weighted by molar-refractivity contribution is -0.384. The zero-order valence-electron chi connectivity index (χ0n) is 16.9. The van der Waals surface area contributed by atoms with Crippen LogP contribution in [0.15, 0.2) is 65.8 Å². The Morgan fingerprint density at radius 2 is 1.93 bits per heavy atom. The third kappa shape index (κ3) is 5.93. The molecule has 0 bridgehead atoms. The molecule has 0 saturated heterocycles. The summed E-state index contributed by atoms with van der Waals surface area (Å²) in [5.74, 6) is 0.961. The zero-order chi connectivity index (χ0) is 21.5. The Morgan fingerprint density at radius 1 is 1.20 bits per heavy atom. The monoisotopic (exact) mass is 424 g/mol. The van der Waals surface area contributed by atoms with Gasteiger partial charge in [-0.15, -0.1) is 11.8 Å². The number of nitrogens with zero attached hydrogens (tertiary/aromatic N) is 3. The van der Waals surface area contributed by atoms with Gasteiger partial charge in [0.25, 0.3) is 11.6 Å². The standard InChI is InChI=1S/C22H24N4O3S/c1-16(2)15-30-21-9-8-19(26(28)29)12-20(21)22(27)23-13-17-4-6-18(7-5-17)14-25-11-3-10-24-25/h3-12,16H,13-15H2,1-2H3,(H,23,27). The molecule has 0 aliphatic rings. The minimum atomic E-state index is -0.480.